The SMILES string of the molecule is C/C(=N\Nc1cccc([N+](=O)[O-])c1)c1ccc(Cl)c(Cl)c1. The van der Waals surface area contributed by atoms with Crippen LogP contribution in [-0.4, -0.2) is 10.6 Å². The molecule has 0 amide bonds. The van der Waals surface area contributed by atoms with Crippen molar-refractivity contribution in [1.29, 1.82) is 0 Å². The van der Waals surface area contributed by atoms with Crippen LogP contribution >= 0.6 is 23.2 Å². The van der Waals surface area contributed by atoms with Gasteiger partial charge in [0.25, 0.3) is 5.69 Å². The number of nitro benzene ring substituents is 1. The Hall–Kier alpha value is -2.11. The molecule has 2 aromatic rings. The Bertz CT molecular complexity index is 717. The fraction of sp³-hybridized carbons (Fsp3) is 0.0714. The van der Waals surface area contributed by atoms with Crippen molar-refractivity contribution in [2.45, 2.75) is 6.92 Å². The third-order valence-corrected chi connectivity index (χ3v) is 3.49. The Balaban J connectivity index is 2.18. The first-order valence-corrected chi connectivity index (χ1v) is 6.73. The average molecular weight is 324 g/mol. The fourth-order valence-electron chi connectivity index (χ4n) is 1.62. The van der Waals surface area contributed by atoms with E-state index in [0.717, 1.165) is 5.56 Å². The molecule has 0 atom stereocenters. The van der Waals surface area contributed by atoms with Gasteiger partial charge in [-0.15, -0.1) is 0 Å². The van der Waals surface area contributed by atoms with Crippen LogP contribution in [0, 0.1) is 10.1 Å². The van der Waals surface area contributed by atoms with Gasteiger partial charge in [-0.05, 0) is 30.7 Å². The number of halogens is 2. The maximum Gasteiger partial charge on any atom is 0.271 e. The van der Waals surface area contributed by atoms with Gasteiger partial charge in [0, 0.05) is 12.1 Å². The van der Waals surface area contributed by atoms with Crippen molar-refractivity contribution < 1.29 is 4.92 Å². The lowest BCUT2D eigenvalue weighted by atomic mass is 10.1. The Morgan fingerprint density at radius 2 is 1.95 bits per heavy atom. The molecular weight excluding hydrogens is 313 g/mol. The van der Waals surface area contributed by atoms with Gasteiger partial charge in [-0.3, -0.25) is 15.5 Å². The van der Waals surface area contributed by atoms with Crippen molar-refractivity contribution in [2.24, 2.45) is 5.10 Å². The molecule has 0 saturated carbocycles. The quantitative estimate of drug-likeness (QED) is 0.502. The van der Waals surface area contributed by atoms with E-state index in [0.29, 0.717) is 21.4 Å². The number of nitro groups is 1. The van der Waals surface area contributed by atoms with Crippen LogP contribution in [0.4, 0.5) is 11.4 Å². The van der Waals surface area contributed by atoms with Crippen molar-refractivity contribution in [1.82, 2.24) is 0 Å². The number of hydrogen-bond donors (Lipinski definition) is 1. The van der Waals surface area contributed by atoms with Crippen LogP contribution in [0.2, 0.25) is 10.0 Å². The molecule has 0 fully saturated rings. The summed E-state index contributed by atoms with van der Waals surface area (Å²) >= 11 is 11.8. The van der Waals surface area contributed by atoms with Crippen LogP contribution in [0.15, 0.2) is 47.6 Å². The Labute approximate surface area is 131 Å². The molecule has 0 aromatic heterocycles. The Morgan fingerprint density at radius 1 is 1.19 bits per heavy atom. The summed E-state index contributed by atoms with van der Waals surface area (Å²) in [6, 6.07) is 11.3. The minimum atomic E-state index is -0.458. The monoisotopic (exact) mass is 323 g/mol. The second-order valence-electron chi connectivity index (χ2n) is 4.25. The maximum atomic E-state index is 10.7. The van der Waals surface area contributed by atoms with E-state index in [4.69, 9.17) is 23.2 Å². The lowest BCUT2D eigenvalue weighted by molar-refractivity contribution is -0.384. The first-order chi connectivity index (χ1) is 9.97. The highest BCUT2D eigenvalue weighted by Gasteiger charge is 2.06. The lowest BCUT2D eigenvalue weighted by Crippen LogP contribution is -2.00. The minimum absolute atomic E-state index is 0.00221. The second-order valence-corrected chi connectivity index (χ2v) is 5.06. The van der Waals surface area contributed by atoms with E-state index in [1.165, 1.54) is 12.1 Å². The molecule has 0 aliphatic heterocycles. The fourth-order valence-corrected chi connectivity index (χ4v) is 1.92. The summed E-state index contributed by atoms with van der Waals surface area (Å²) in [4.78, 5) is 10.2. The van der Waals surface area contributed by atoms with E-state index in [9.17, 15) is 10.1 Å². The first-order valence-electron chi connectivity index (χ1n) is 5.97. The Kier molecular flexibility index (Phi) is 4.77. The standard InChI is InChI=1S/C14H11Cl2N3O2/c1-9(10-5-6-13(15)14(16)7-10)17-18-11-3-2-4-12(8-11)19(20)21/h2-8,18H,1H3/b17-9+. The van der Waals surface area contributed by atoms with E-state index < -0.39 is 4.92 Å². The van der Waals surface area contributed by atoms with E-state index in [-0.39, 0.29) is 5.69 Å². The molecule has 5 nitrogen and oxygen atoms in total. The molecule has 7 heteroatoms. The number of rotatable bonds is 4. The van der Waals surface area contributed by atoms with Gasteiger partial charge in [0.1, 0.15) is 0 Å². The highest BCUT2D eigenvalue weighted by atomic mass is 35.5. The normalized spacial score (nSPS) is 11.3. The van der Waals surface area contributed by atoms with E-state index in [2.05, 4.69) is 10.5 Å². The molecule has 21 heavy (non-hydrogen) atoms. The van der Waals surface area contributed by atoms with Gasteiger partial charge in [0.15, 0.2) is 0 Å². The smallest absolute Gasteiger partial charge is 0.271 e. The molecule has 0 spiro atoms. The molecular formula is C14H11Cl2N3O2. The summed E-state index contributed by atoms with van der Waals surface area (Å²) in [5.41, 5.74) is 4.80. The zero-order chi connectivity index (χ0) is 15.4. The summed E-state index contributed by atoms with van der Waals surface area (Å²) < 4.78 is 0. The number of hydrogen-bond acceptors (Lipinski definition) is 4. The maximum absolute atomic E-state index is 10.7. The van der Waals surface area contributed by atoms with Crippen LogP contribution in [0.25, 0.3) is 0 Å². The number of nitrogens with one attached hydrogen (secondary N) is 1. The van der Waals surface area contributed by atoms with Gasteiger partial charge in [-0.1, -0.05) is 35.3 Å². The third-order valence-electron chi connectivity index (χ3n) is 2.75. The largest absolute Gasteiger partial charge is 0.278 e. The van der Waals surface area contributed by atoms with Crippen LogP contribution in [0.5, 0.6) is 0 Å². The Morgan fingerprint density at radius 3 is 2.62 bits per heavy atom. The van der Waals surface area contributed by atoms with Gasteiger partial charge < -0.3 is 0 Å². The molecule has 0 heterocycles. The van der Waals surface area contributed by atoms with Gasteiger partial charge in [-0.2, -0.15) is 5.10 Å². The van der Waals surface area contributed by atoms with Gasteiger partial charge >= 0.3 is 0 Å². The highest BCUT2D eigenvalue weighted by molar-refractivity contribution is 6.42. The van der Waals surface area contributed by atoms with Crippen molar-refractivity contribution in [3.63, 3.8) is 0 Å². The van der Waals surface area contributed by atoms with Crippen LogP contribution in [-0.2, 0) is 0 Å². The number of non-ortho nitro benzene ring substituents is 1. The molecule has 0 aliphatic rings. The number of nitrogens with zero attached hydrogens (tertiary/aromatic N) is 2. The molecule has 0 bridgehead atoms. The third kappa shape index (κ3) is 3.93. The first kappa shape index (κ1) is 15.3. The predicted molar refractivity (Wildman–Crippen MR) is 85.4 cm³/mol. The van der Waals surface area contributed by atoms with E-state index >= 15 is 0 Å². The molecule has 0 unspecified atom stereocenters. The van der Waals surface area contributed by atoms with Gasteiger partial charge in [0.05, 0.1) is 26.4 Å². The summed E-state index contributed by atoms with van der Waals surface area (Å²) in [5.74, 6) is 0. The zero-order valence-electron chi connectivity index (χ0n) is 11.0. The summed E-state index contributed by atoms with van der Waals surface area (Å²) in [6.07, 6.45) is 0. The summed E-state index contributed by atoms with van der Waals surface area (Å²) in [5, 5.41) is 15.8. The average Bonchev–Trinajstić information content (AvgIpc) is 2.48. The van der Waals surface area contributed by atoms with Crippen molar-refractivity contribution >= 4 is 40.3 Å². The van der Waals surface area contributed by atoms with Crippen molar-refractivity contribution in [2.75, 3.05) is 5.43 Å². The minimum Gasteiger partial charge on any atom is -0.278 e. The highest BCUT2D eigenvalue weighted by Crippen LogP contribution is 2.23. The summed E-state index contributed by atoms with van der Waals surface area (Å²) in [6.45, 7) is 1.80. The topological polar surface area (TPSA) is 67.5 Å². The summed E-state index contributed by atoms with van der Waals surface area (Å²) in [7, 11) is 0. The molecule has 0 radical (unpaired) electrons. The predicted octanol–water partition coefficient (Wildman–Crippen LogP) is 4.74. The molecule has 108 valence electrons. The molecule has 2 aromatic carbocycles. The van der Waals surface area contributed by atoms with Gasteiger partial charge in [-0.25, -0.2) is 0 Å². The van der Waals surface area contributed by atoms with E-state index in [1.807, 2.05) is 0 Å². The van der Waals surface area contributed by atoms with Gasteiger partial charge in [0.2, 0.25) is 0 Å². The van der Waals surface area contributed by atoms with Crippen molar-refractivity contribution in [3.05, 3.63) is 68.2 Å². The number of anilines is 1. The molecule has 0 aliphatic carbocycles. The van der Waals surface area contributed by atoms with E-state index in [1.54, 1.807) is 37.3 Å². The molecule has 2 rings (SSSR count). The number of hydrazone groups is 1. The molecule has 0 saturated heterocycles. The molecule has 1 N–H and O–H groups in total. The van der Waals surface area contributed by atoms with Crippen LogP contribution in [0.3, 0.4) is 0 Å². The van der Waals surface area contributed by atoms with Crippen LogP contribution < -0.4 is 5.43 Å². The van der Waals surface area contributed by atoms with Crippen LogP contribution in [0.1, 0.15) is 12.5 Å². The second kappa shape index (κ2) is 6.56. The lowest BCUT2D eigenvalue weighted by Gasteiger charge is -2.05. The van der Waals surface area contributed by atoms with Crippen molar-refractivity contribution in [3.8, 4) is 0 Å². The zero-order valence-corrected chi connectivity index (χ0v) is 12.5. The number of benzene rings is 2.